The zero-order valence-electron chi connectivity index (χ0n) is 7.21. The number of rotatable bonds is 0. The maximum atomic E-state index is 8.67. The molecule has 1 heterocycles. The third-order valence-corrected chi connectivity index (χ3v) is 1.51. The first kappa shape index (κ1) is 10.3. The van der Waals surface area contributed by atoms with E-state index in [2.05, 4.69) is 17.1 Å². The van der Waals surface area contributed by atoms with Crippen molar-refractivity contribution < 1.29 is 8.42 Å². The minimum absolute atomic E-state index is 1.06. The van der Waals surface area contributed by atoms with Crippen LogP contribution in [0.2, 0.25) is 0 Å². The van der Waals surface area contributed by atoms with E-state index in [4.69, 9.17) is 13.2 Å². The first-order valence-corrected chi connectivity index (χ1v) is 4.88. The second-order valence-corrected chi connectivity index (χ2v) is 2.90. The van der Waals surface area contributed by atoms with Gasteiger partial charge in [-0.15, -0.1) is 0 Å². The van der Waals surface area contributed by atoms with E-state index in [-0.39, 0.29) is 0 Å². The van der Waals surface area contributed by atoms with Crippen LogP contribution in [0.3, 0.4) is 0 Å². The second-order valence-electron chi connectivity index (χ2n) is 2.43. The van der Waals surface area contributed by atoms with Crippen LogP contribution in [0.15, 0.2) is 42.6 Å². The normalized spacial score (nSPS) is 8.86. The topological polar surface area (TPSA) is 70.9 Å². The summed E-state index contributed by atoms with van der Waals surface area (Å²) in [7, 11) is -2.61. The molecule has 0 fully saturated rings. The Bertz CT molecular complexity index is 450. The maximum absolute atomic E-state index is 8.67. The van der Waals surface area contributed by atoms with Crippen LogP contribution in [0, 0.1) is 4.78 Å². The number of pyridine rings is 1. The molecule has 1 aromatic carbocycles. The molecule has 14 heavy (non-hydrogen) atoms. The van der Waals surface area contributed by atoms with E-state index in [1.54, 1.807) is 0 Å². The Morgan fingerprint density at radius 3 is 2.29 bits per heavy atom. The average Bonchev–Trinajstić information content (AvgIpc) is 2.17. The van der Waals surface area contributed by atoms with Crippen molar-refractivity contribution in [2.75, 3.05) is 0 Å². The van der Waals surface area contributed by atoms with Crippen LogP contribution in [-0.2, 0) is 10.5 Å². The monoisotopic (exact) mass is 208 g/mol. The highest BCUT2D eigenvalue weighted by molar-refractivity contribution is 7.60. The van der Waals surface area contributed by atoms with E-state index in [1.807, 2.05) is 30.5 Å². The van der Waals surface area contributed by atoms with Crippen molar-refractivity contribution in [3.8, 4) is 0 Å². The molecule has 0 aliphatic rings. The lowest BCUT2D eigenvalue weighted by atomic mass is 10.2. The fraction of sp³-hybridized carbons (Fsp3) is 0. The van der Waals surface area contributed by atoms with Gasteiger partial charge in [0.2, 0.25) is 0 Å². The third kappa shape index (κ3) is 3.32. The van der Waals surface area contributed by atoms with Crippen LogP contribution in [0.1, 0.15) is 0 Å². The molecule has 0 unspecified atom stereocenters. The summed E-state index contributed by atoms with van der Waals surface area (Å²) in [5, 5.41) is 1.20. The predicted octanol–water partition coefficient (Wildman–Crippen LogP) is 1.86. The number of benzene rings is 1. The van der Waals surface area contributed by atoms with Gasteiger partial charge in [-0.3, -0.25) is 4.98 Å². The van der Waals surface area contributed by atoms with Crippen LogP contribution in [0.4, 0.5) is 0 Å². The number of hydrogen-bond donors (Lipinski definition) is 1. The van der Waals surface area contributed by atoms with Gasteiger partial charge in [0.15, 0.2) is 0 Å². The van der Waals surface area contributed by atoms with Crippen LogP contribution in [-0.4, -0.2) is 13.4 Å². The Balaban J connectivity index is 0.000000213. The van der Waals surface area contributed by atoms with Gasteiger partial charge in [0.25, 0.3) is 0 Å². The summed E-state index contributed by atoms with van der Waals surface area (Å²) >= 11 is 0. The van der Waals surface area contributed by atoms with E-state index in [0.29, 0.717) is 0 Å². The van der Waals surface area contributed by atoms with Gasteiger partial charge in [-0.05, 0) is 12.1 Å². The maximum Gasteiger partial charge on any atom is 0.308 e. The number of nitrogens with one attached hydrogen (secondary N) is 1. The molecule has 0 aliphatic carbocycles. The van der Waals surface area contributed by atoms with Crippen LogP contribution in [0.25, 0.3) is 10.9 Å². The molecule has 0 saturated heterocycles. The minimum atomic E-state index is -2.61. The largest absolute Gasteiger partial charge is 0.308 e. The molecule has 0 saturated carbocycles. The van der Waals surface area contributed by atoms with E-state index in [1.165, 1.54) is 5.39 Å². The van der Waals surface area contributed by atoms with Gasteiger partial charge < -0.3 is 0 Å². The van der Waals surface area contributed by atoms with Crippen molar-refractivity contribution >= 4 is 21.4 Å². The summed E-state index contributed by atoms with van der Waals surface area (Å²) in [6.07, 6.45) is 1.81. The quantitative estimate of drug-likeness (QED) is 0.718. The van der Waals surface area contributed by atoms with Crippen LogP contribution < -0.4 is 0 Å². The van der Waals surface area contributed by atoms with Crippen molar-refractivity contribution in [2.24, 2.45) is 0 Å². The molecule has 0 bridgehead atoms. The van der Waals surface area contributed by atoms with Gasteiger partial charge in [-0.1, -0.05) is 24.3 Å². The van der Waals surface area contributed by atoms with Crippen molar-refractivity contribution in [3.05, 3.63) is 42.6 Å². The first-order valence-electron chi connectivity index (χ1n) is 3.80. The van der Waals surface area contributed by atoms with Crippen LogP contribution >= 0.6 is 0 Å². The molecule has 4 nitrogen and oxygen atoms in total. The molecule has 0 atom stereocenters. The molecule has 5 heteroatoms. The minimum Gasteiger partial charge on any atom is -0.256 e. The number of hydrogen-bond acceptors (Lipinski definition) is 4. The van der Waals surface area contributed by atoms with Gasteiger partial charge in [-0.25, -0.2) is 0 Å². The summed E-state index contributed by atoms with van der Waals surface area (Å²) in [5.41, 5.74) is 1.06. The Kier molecular flexibility index (Phi) is 3.75. The highest BCUT2D eigenvalue weighted by Gasteiger charge is 1.86. The van der Waals surface area contributed by atoms with Gasteiger partial charge in [0, 0.05) is 11.6 Å². The first-order chi connectivity index (χ1) is 6.70. The fourth-order valence-corrected chi connectivity index (χ4v) is 1.02. The summed E-state index contributed by atoms with van der Waals surface area (Å²) in [4.78, 5) is 4.18. The zero-order chi connectivity index (χ0) is 10.4. The molecule has 0 radical (unpaired) electrons. The summed E-state index contributed by atoms with van der Waals surface area (Å²) in [6, 6.07) is 12.1. The summed E-state index contributed by atoms with van der Waals surface area (Å²) in [5.74, 6) is 0. The lowest BCUT2D eigenvalue weighted by Crippen LogP contribution is -1.73. The Labute approximate surface area is 82.7 Å². The predicted molar refractivity (Wildman–Crippen MR) is 53.4 cm³/mol. The van der Waals surface area contributed by atoms with Crippen molar-refractivity contribution in [2.45, 2.75) is 0 Å². The number of aromatic nitrogens is 1. The lowest BCUT2D eigenvalue weighted by Gasteiger charge is -1.91. The highest BCUT2D eigenvalue weighted by Crippen LogP contribution is 2.07. The molecule has 1 aromatic heterocycles. The molecule has 72 valence electrons. The molecule has 2 aromatic rings. The summed E-state index contributed by atoms with van der Waals surface area (Å²) in [6.45, 7) is 0. The van der Waals surface area contributed by atoms with E-state index >= 15 is 0 Å². The van der Waals surface area contributed by atoms with E-state index in [0.717, 1.165) is 5.52 Å². The van der Waals surface area contributed by atoms with E-state index < -0.39 is 10.5 Å². The Morgan fingerprint density at radius 1 is 1.07 bits per heavy atom. The van der Waals surface area contributed by atoms with Crippen LogP contribution in [0.5, 0.6) is 0 Å². The van der Waals surface area contributed by atoms with Crippen molar-refractivity contribution in [1.82, 2.24) is 4.98 Å². The van der Waals surface area contributed by atoms with Gasteiger partial charge >= 0.3 is 10.5 Å². The fourth-order valence-electron chi connectivity index (χ4n) is 1.02. The Morgan fingerprint density at radius 2 is 1.64 bits per heavy atom. The second kappa shape index (κ2) is 5.08. The average molecular weight is 208 g/mol. The third-order valence-electron chi connectivity index (χ3n) is 1.51. The van der Waals surface area contributed by atoms with Gasteiger partial charge in [-0.2, -0.15) is 13.2 Å². The molecular weight excluding hydrogens is 200 g/mol. The Hall–Kier alpha value is -1.75. The molecule has 0 amide bonds. The standard InChI is InChI=1S/C9H7N.HNO2S/c1-2-6-9-8(4-1)5-3-7-10-9;1-4(2)3/h1-7H;1H. The van der Waals surface area contributed by atoms with E-state index in [9.17, 15) is 0 Å². The smallest absolute Gasteiger partial charge is 0.256 e. The molecule has 0 aliphatic heterocycles. The molecular formula is C9H8N2O2S. The van der Waals surface area contributed by atoms with Gasteiger partial charge in [0.1, 0.15) is 0 Å². The molecule has 1 N–H and O–H groups in total. The molecule has 2 rings (SSSR count). The number of fused-ring (bicyclic) bond motifs is 1. The number of nitrogens with zero attached hydrogens (tertiary/aromatic N) is 1. The van der Waals surface area contributed by atoms with Crippen molar-refractivity contribution in [3.63, 3.8) is 0 Å². The molecule has 0 spiro atoms. The zero-order valence-corrected chi connectivity index (χ0v) is 8.03. The lowest BCUT2D eigenvalue weighted by molar-refractivity contribution is 0.620. The van der Waals surface area contributed by atoms with Gasteiger partial charge in [0.05, 0.1) is 5.52 Å². The SMILES string of the molecule is N=S(=O)=O.c1ccc2ncccc2c1. The highest BCUT2D eigenvalue weighted by atomic mass is 32.2. The van der Waals surface area contributed by atoms with Crippen molar-refractivity contribution in [1.29, 1.82) is 4.78 Å². The summed E-state index contributed by atoms with van der Waals surface area (Å²) < 4.78 is 22.8. The number of para-hydroxylation sites is 1.